The van der Waals surface area contributed by atoms with Gasteiger partial charge in [-0.25, -0.2) is 4.72 Å². The number of rotatable bonds is 5. The smallest absolute Gasteiger partial charge is 0.277 e. The zero-order chi connectivity index (χ0) is 11.3. The fourth-order valence-electron chi connectivity index (χ4n) is 1.67. The van der Waals surface area contributed by atoms with Gasteiger partial charge in [-0.3, -0.25) is 0 Å². The molecule has 1 aliphatic rings. The Labute approximate surface area is 92.2 Å². The lowest BCUT2D eigenvalue weighted by atomic mass is 9.97. The van der Waals surface area contributed by atoms with Crippen molar-refractivity contribution in [1.82, 2.24) is 14.8 Å². The quantitative estimate of drug-likeness (QED) is 0.619. The number of hydrogen-bond donors (Lipinski definition) is 3. The lowest BCUT2D eigenvalue weighted by Gasteiger charge is -2.29. The average Bonchev–Trinajstić information content (AvgIpc) is 2.18. The van der Waals surface area contributed by atoms with Crippen molar-refractivity contribution in [3.05, 3.63) is 0 Å². The molecule has 90 valence electrons. The molecule has 1 rings (SSSR count). The third-order valence-corrected chi connectivity index (χ3v) is 3.83. The summed E-state index contributed by atoms with van der Waals surface area (Å²) in [7, 11) is -3.30. The van der Waals surface area contributed by atoms with Crippen molar-refractivity contribution in [3.63, 3.8) is 0 Å². The van der Waals surface area contributed by atoms with E-state index < -0.39 is 10.2 Å². The Morgan fingerprint density at radius 3 is 2.80 bits per heavy atom. The Hall–Kier alpha value is -0.170. The topological polar surface area (TPSA) is 70.2 Å². The summed E-state index contributed by atoms with van der Waals surface area (Å²) in [6.45, 7) is 6.25. The molecule has 2 atom stereocenters. The Kier molecular flexibility index (Phi) is 4.98. The second-order valence-corrected chi connectivity index (χ2v) is 5.62. The zero-order valence-electron chi connectivity index (χ0n) is 9.41. The van der Waals surface area contributed by atoms with Gasteiger partial charge < -0.3 is 5.32 Å². The lowest BCUT2D eigenvalue weighted by Crippen LogP contribution is -2.51. The van der Waals surface area contributed by atoms with E-state index in [1.807, 2.05) is 6.92 Å². The average molecular weight is 235 g/mol. The summed E-state index contributed by atoms with van der Waals surface area (Å²) < 4.78 is 28.3. The van der Waals surface area contributed by atoms with Crippen LogP contribution in [0.4, 0.5) is 0 Å². The Balaban J connectivity index is 2.44. The van der Waals surface area contributed by atoms with E-state index in [2.05, 4.69) is 21.7 Å². The molecule has 5 nitrogen and oxygen atoms in total. The van der Waals surface area contributed by atoms with Crippen LogP contribution in [0.1, 0.15) is 26.7 Å². The Morgan fingerprint density at radius 2 is 2.20 bits per heavy atom. The highest BCUT2D eigenvalue weighted by Gasteiger charge is 2.24. The van der Waals surface area contributed by atoms with Gasteiger partial charge in [-0.05, 0) is 31.8 Å². The number of piperidine rings is 1. The van der Waals surface area contributed by atoms with Crippen molar-refractivity contribution < 1.29 is 8.42 Å². The third-order valence-electron chi connectivity index (χ3n) is 2.63. The summed E-state index contributed by atoms with van der Waals surface area (Å²) in [6.07, 6.45) is 1.66. The van der Waals surface area contributed by atoms with Gasteiger partial charge in [0.2, 0.25) is 0 Å². The molecule has 1 aliphatic heterocycles. The van der Waals surface area contributed by atoms with Crippen molar-refractivity contribution in [2.45, 2.75) is 32.7 Å². The van der Waals surface area contributed by atoms with E-state index >= 15 is 0 Å². The van der Waals surface area contributed by atoms with Crippen LogP contribution in [-0.4, -0.2) is 34.1 Å². The number of hydrogen-bond acceptors (Lipinski definition) is 3. The van der Waals surface area contributed by atoms with Crippen LogP contribution in [0.2, 0.25) is 0 Å². The first-order chi connectivity index (χ1) is 7.05. The van der Waals surface area contributed by atoms with Gasteiger partial charge in [0.25, 0.3) is 10.2 Å². The molecule has 0 saturated carbocycles. The second kappa shape index (κ2) is 5.79. The predicted molar refractivity (Wildman–Crippen MR) is 60.8 cm³/mol. The molecular weight excluding hydrogens is 214 g/mol. The molecule has 0 aromatic heterocycles. The molecule has 2 unspecified atom stereocenters. The molecule has 0 radical (unpaired) electrons. The predicted octanol–water partition coefficient (Wildman–Crippen LogP) is -0.182. The molecule has 3 N–H and O–H groups in total. The van der Waals surface area contributed by atoms with E-state index in [0.29, 0.717) is 12.5 Å². The van der Waals surface area contributed by atoms with Crippen molar-refractivity contribution in [2.75, 3.05) is 19.6 Å². The third kappa shape index (κ3) is 4.46. The molecule has 0 bridgehead atoms. The highest BCUT2D eigenvalue weighted by Crippen LogP contribution is 2.10. The summed E-state index contributed by atoms with van der Waals surface area (Å²) in [5.74, 6) is 0.344. The minimum absolute atomic E-state index is 0.0561. The van der Waals surface area contributed by atoms with Gasteiger partial charge in [0.15, 0.2) is 0 Å². The van der Waals surface area contributed by atoms with E-state index in [-0.39, 0.29) is 6.04 Å². The Bertz CT molecular complexity index is 279. The molecular formula is C9H21N3O2S. The van der Waals surface area contributed by atoms with E-state index in [9.17, 15) is 8.42 Å². The van der Waals surface area contributed by atoms with Gasteiger partial charge in [0, 0.05) is 12.6 Å². The molecule has 1 heterocycles. The van der Waals surface area contributed by atoms with Crippen LogP contribution in [0.3, 0.4) is 0 Å². The maximum absolute atomic E-state index is 11.6. The molecule has 0 aliphatic carbocycles. The first kappa shape index (κ1) is 12.9. The lowest BCUT2D eigenvalue weighted by molar-refractivity contribution is 0.327. The minimum Gasteiger partial charge on any atom is -0.316 e. The van der Waals surface area contributed by atoms with Crippen LogP contribution < -0.4 is 14.8 Å². The van der Waals surface area contributed by atoms with Crippen LogP contribution in [0.15, 0.2) is 0 Å². The van der Waals surface area contributed by atoms with Crippen LogP contribution in [0, 0.1) is 5.92 Å². The van der Waals surface area contributed by atoms with Crippen molar-refractivity contribution in [1.29, 1.82) is 0 Å². The SMILES string of the molecule is CCCNS(=O)(=O)NC1CCNCC1C. The summed E-state index contributed by atoms with van der Waals surface area (Å²) >= 11 is 0. The fourth-order valence-corrected chi connectivity index (χ4v) is 2.97. The first-order valence-corrected chi connectivity index (χ1v) is 7.01. The van der Waals surface area contributed by atoms with E-state index in [0.717, 1.165) is 25.9 Å². The Morgan fingerprint density at radius 1 is 1.47 bits per heavy atom. The molecule has 1 fully saturated rings. The monoisotopic (exact) mass is 235 g/mol. The van der Waals surface area contributed by atoms with Gasteiger partial charge in [0.1, 0.15) is 0 Å². The van der Waals surface area contributed by atoms with Crippen LogP contribution in [-0.2, 0) is 10.2 Å². The van der Waals surface area contributed by atoms with Gasteiger partial charge >= 0.3 is 0 Å². The van der Waals surface area contributed by atoms with Crippen molar-refractivity contribution in [3.8, 4) is 0 Å². The first-order valence-electron chi connectivity index (χ1n) is 5.53. The van der Waals surface area contributed by atoms with Crippen molar-refractivity contribution in [2.24, 2.45) is 5.92 Å². The maximum Gasteiger partial charge on any atom is 0.277 e. The maximum atomic E-state index is 11.6. The van der Waals surface area contributed by atoms with Crippen LogP contribution >= 0.6 is 0 Å². The normalized spacial score (nSPS) is 27.9. The molecule has 0 aromatic carbocycles. The summed E-state index contributed by atoms with van der Waals surface area (Å²) in [6, 6.07) is 0.0561. The zero-order valence-corrected chi connectivity index (χ0v) is 10.2. The molecule has 6 heteroatoms. The molecule has 0 amide bonds. The molecule has 0 spiro atoms. The second-order valence-electron chi connectivity index (χ2n) is 4.09. The van der Waals surface area contributed by atoms with E-state index in [1.165, 1.54) is 0 Å². The van der Waals surface area contributed by atoms with E-state index in [1.54, 1.807) is 0 Å². The van der Waals surface area contributed by atoms with Crippen LogP contribution in [0.5, 0.6) is 0 Å². The number of nitrogens with one attached hydrogen (secondary N) is 3. The minimum atomic E-state index is -3.30. The van der Waals surface area contributed by atoms with Gasteiger partial charge in [0.05, 0.1) is 0 Å². The molecule has 15 heavy (non-hydrogen) atoms. The van der Waals surface area contributed by atoms with Gasteiger partial charge in [-0.1, -0.05) is 13.8 Å². The largest absolute Gasteiger partial charge is 0.316 e. The summed E-state index contributed by atoms with van der Waals surface area (Å²) in [5, 5.41) is 3.24. The summed E-state index contributed by atoms with van der Waals surface area (Å²) in [4.78, 5) is 0. The van der Waals surface area contributed by atoms with Gasteiger partial charge in [-0.15, -0.1) is 0 Å². The van der Waals surface area contributed by atoms with Gasteiger partial charge in [-0.2, -0.15) is 13.1 Å². The van der Waals surface area contributed by atoms with Crippen LogP contribution in [0.25, 0.3) is 0 Å². The summed E-state index contributed by atoms with van der Waals surface area (Å²) in [5.41, 5.74) is 0. The molecule has 0 aromatic rings. The highest BCUT2D eigenvalue weighted by molar-refractivity contribution is 7.87. The fraction of sp³-hybridized carbons (Fsp3) is 1.00. The van der Waals surface area contributed by atoms with E-state index in [4.69, 9.17) is 0 Å². The molecule has 1 saturated heterocycles. The highest BCUT2D eigenvalue weighted by atomic mass is 32.2. The standard InChI is InChI=1S/C9H21N3O2S/c1-3-5-11-15(13,14)12-9-4-6-10-7-8(9)2/h8-12H,3-7H2,1-2H3. The van der Waals surface area contributed by atoms with Crippen molar-refractivity contribution >= 4 is 10.2 Å².